The summed E-state index contributed by atoms with van der Waals surface area (Å²) in [7, 11) is 0. The van der Waals surface area contributed by atoms with Crippen molar-refractivity contribution in [3.63, 3.8) is 0 Å². The number of benzene rings is 1. The lowest BCUT2D eigenvalue weighted by Gasteiger charge is -2.14. The molecule has 1 amide bonds. The van der Waals surface area contributed by atoms with E-state index in [9.17, 15) is 4.79 Å². The van der Waals surface area contributed by atoms with Crippen LogP contribution in [-0.4, -0.2) is 18.2 Å². The predicted octanol–water partition coefficient (Wildman–Crippen LogP) is 3.80. The van der Waals surface area contributed by atoms with Gasteiger partial charge >= 0.3 is 0 Å². The Kier molecular flexibility index (Phi) is 8.50. The van der Waals surface area contributed by atoms with E-state index in [-0.39, 0.29) is 18.3 Å². The molecule has 108 valence electrons. The summed E-state index contributed by atoms with van der Waals surface area (Å²) in [5, 5.41) is 3.42. The van der Waals surface area contributed by atoms with Gasteiger partial charge in [-0.25, -0.2) is 0 Å². The molecule has 0 bridgehead atoms. The van der Waals surface area contributed by atoms with Crippen molar-refractivity contribution in [2.45, 2.75) is 31.2 Å². The first kappa shape index (κ1) is 18.6. The average Bonchev–Trinajstić information content (AvgIpc) is 2.28. The summed E-state index contributed by atoms with van der Waals surface area (Å²) in [5.74, 6) is 0.227. The highest BCUT2D eigenvalue weighted by atomic mass is 35.5. The van der Waals surface area contributed by atoms with Crippen LogP contribution in [0.4, 0.5) is 5.69 Å². The van der Waals surface area contributed by atoms with Crippen LogP contribution < -0.4 is 11.1 Å². The number of rotatable bonds is 5. The average molecular weight is 323 g/mol. The SMILES string of the molecule is CSc1ccc(NC(=O)[C@@H](N)CC(C)C)cc1Cl.Cl. The van der Waals surface area contributed by atoms with Crippen LogP contribution in [0.5, 0.6) is 0 Å². The quantitative estimate of drug-likeness (QED) is 0.811. The van der Waals surface area contributed by atoms with Gasteiger partial charge in [0, 0.05) is 10.6 Å². The molecule has 0 saturated carbocycles. The van der Waals surface area contributed by atoms with Crippen molar-refractivity contribution in [3.05, 3.63) is 23.2 Å². The molecule has 0 unspecified atom stereocenters. The standard InChI is InChI=1S/C13H19ClN2OS.ClH/c1-8(2)6-11(15)13(17)16-9-4-5-12(18-3)10(14)7-9;/h4-5,7-8,11H,6,15H2,1-3H3,(H,16,17);1H/t11-;/m0./s1. The highest BCUT2D eigenvalue weighted by molar-refractivity contribution is 7.98. The Morgan fingerprint density at radius 3 is 2.58 bits per heavy atom. The summed E-state index contributed by atoms with van der Waals surface area (Å²) in [6, 6.07) is 4.98. The molecule has 0 aromatic heterocycles. The number of anilines is 1. The first-order chi connectivity index (χ1) is 8.43. The molecule has 0 aliphatic carbocycles. The Balaban J connectivity index is 0.00000324. The van der Waals surface area contributed by atoms with Crippen molar-refractivity contribution in [1.29, 1.82) is 0 Å². The van der Waals surface area contributed by atoms with Crippen LogP contribution in [0.2, 0.25) is 5.02 Å². The van der Waals surface area contributed by atoms with Crippen LogP contribution in [0.3, 0.4) is 0 Å². The van der Waals surface area contributed by atoms with Crippen LogP contribution in [0, 0.1) is 5.92 Å². The van der Waals surface area contributed by atoms with E-state index in [4.69, 9.17) is 17.3 Å². The monoisotopic (exact) mass is 322 g/mol. The largest absolute Gasteiger partial charge is 0.325 e. The Hall–Kier alpha value is -0.420. The van der Waals surface area contributed by atoms with Crippen LogP contribution >= 0.6 is 35.8 Å². The molecule has 1 aromatic carbocycles. The van der Waals surface area contributed by atoms with E-state index in [1.54, 1.807) is 17.8 Å². The van der Waals surface area contributed by atoms with Gasteiger partial charge in [0.25, 0.3) is 0 Å². The van der Waals surface area contributed by atoms with Crippen LogP contribution in [-0.2, 0) is 4.79 Å². The first-order valence-electron chi connectivity index (χ1n) is 5.84. The Bertz CT molecular complexity index is 427. The molecule has 1 aromatic rings. The zero-order valence-corrected chi connectivity index (χ0v) is 13.7. The highest BCUT2D eigenvalue weighted by Gasteiger charge is 2.15. The van der Waals surface area contributed by atoms with Crippen molar-refractivity contribution in [1.82, 2.24) is 0 Å². The summed E-state index contributed by atoms with van der Waals surface area (Å²) < 4.78 is 0. The normalized spacial score (nSPS) is 11.9. The van der Waals surface area contributed by atoms with Gasteiger partial charge in [-0.15, -0.1) is 24.2 Å². The molecular weight excluding hydrogens is 303 g/mol. The molecule has 3 nitrogen and oxygen atoms in total. The topological polar surface area (TPSA) is 55.1 Å². The minimum Gasteiger partial charge on any atom is -0.325 e. The molecule has 19 heavy (non-hydrogen) atoms. The van der Waals surface area contributed by atoms with Gasteiger partial charge in [-0.2, -0.15) is 0 Å². The maximum Gasteiger partial charge on any atom is 0.241 e. The third-order valence-electron chi connectivity index (χ3n) is 2.48. The fourth-order valence-electron chi connectivity index (χ4n) is 1.59. The number of hydrogen-bond acceptors (Lipinski definition) is 3. The lowest BCUT2D eigenvalue weighted by atomic mass is 10.0. The number of carbonyl (C=O) groups is 1. The van der Waals surface area contributed by atoms with Gasteiger partial charge in [0.05, 0.1) is 11.1 Å². The number of nitrogens with two attached hydrogens (primary N) is 1. The Morgan fingerprint density at radius 2 is 2.11 bits per heavy atom. The second-order valence-corrected chi connectivity index (χ2v) is 5.83. The van der Waals surface area contributed by atoms with Crippen LogP contribution in [0.15, 0.2) is 23.1 Å². The third kappa shape index (κ3) is 6.04. The van der Waals surface area contributed by atoms with Crippen molar-refractivity contribution >= 4 is 47.4 Å². The highest BCUT2D eigenvalue weighted by Crippen LogP contribution is 2.28. The zero-order chi connectivity index (χ0) is 13.7. The fraction of sp³-hybridized carbons (Fsp3) is 0.462. The number of carbonyl (C=O) groups excluding carboxylic acids is 1. The zero-order valence-electron chi connectivity index (χ0n) is 11.3. The van der Waals surface area contributed by atoms with Gasteiger partial charge < -0.3 is 11.1 Å². The molecule has 0 fully saturated rings. The van der Waals surface area contributed by atoms with Gasteiger partial charge in [0.15, 0.2) is 0 Å². The van der Waals surface area contributed by atoms with Gasteiger partial charge in [-0.05, 0) is 36.8 Å². The summed E-state index contributed by atoms with van der Waals surface area (Å²) in [4.78, 5) is 12.8. The molecule has 0 radical (unpaired) electrons. The molecule has 0 spiro atoms. The van der Waals surface area contributed by atoms with Crippen molar-refractivity contribution in [2.24, 2.45) is 11.7 Å². The second kappa shape index (κ2) is 8.69. The summed E-state index contributed by atoms with van der Waals surface area (Å²) in [6.45, 7) is 4.08. The fourth-order valence-corrected chi connectivity index (χ4v) is 2.46. The summed E-state index contributed by atoms with van der Waals surface area (Å²) in [5.41, 5.74) is 6.49. The predicted molar refractivity (Wildman–Crippen MR) is 86.5 cm³/mol. The molecule has 0 aliphatic heterocycles. The molecular formula is C13H20Cl2N2OS. The van der Waals surface area contributed by atoms with Crippen LogP contribution in [0.25, 0.3) is 0 Å². The number of amides is 1. The maximum absolute atomic E-state index is 11.8. The molecule has 0 heterocycles. The van der Waals surface area contributed by atoms with E-state index in [0.717, 1.165) is 4.90 Å². The summed E-state index contributed by atoms with van der Waals surface area (Å²) >= 11 is 7.64. The molecule has 0 saturated heterocycles. The van der Waals surface area contributed by atoms with Gasteiger partial charge in [0.1, 0.15) is 0 Å². The van der Waals surface area contributed by atoms with E-state index in [1.807, 2.05) is 32.2 Å². The number of thioether (sulfide) groups is 1. The van der Waals surface area contributed by atoms with E-state index in [1.165, 1.54) is 0 Å². The first-order valence-corrected chi connectivity index (χ1v) is 7.44. The van der Waals surface area contributed by atoms with Crippen molar-refractivity contribution in [2.75, 3.05) is 11.6 Å². The van der Waals surface area contributed by atoms with Crippen molar-refractivity contribution < 1.29 is 4.79 Å². The lowest BCUT2D eigenvalue weighted by Crippen LogP contribution is -2.36. The van der Waals surface area contributed by atoms with Gasteiger partial charge in [-0.1, -0.05) is 25.4 Å². The number of nitrogens with one attached hydrogen (secondary N) is 1. The third-order valence-corrected chi connectivity index (χ3v) is 3.70. The Labute approximate surface area is 130 Å². The molecule has 0 aliphatic rings. The van der Waals surface area contributed by atoms with Gasteiger partial charge in [-0.3, -0.25) is 4.79 Å². The maximum atomic E-state index is 11.8. The number of hydrogen-bond donors (Lipinski definition) is 2. The molecule has 3 N–H and O–H groups in total. The van der Waals surface area contributed by atoms with E-state index in [2.05, 4.69) is 5.32 Å². The number of halogens is 2. The second-order valence-electron chi connectivity index (χ2n) is 4.57. The van der Waals surface area contributed by atoms with Crippen LogP contribution in [0.1, 0.15) is 20.3 Å². The summed E-state index contributed by atoms with van der Waals surface area (Å²) in [6.07, 6.45) is 2.63. The van der Waals surface area contributed by atoms with E-state index in [0.29, 0.717) is 23.0 Å². The molecule has 1 rings (SSSR count). The Morgan fingerprint density at radius 1 is 1.47 bits per heavy atom. The van der Waals surface area contributed by atoms with Crippen molar-refractivity contribution in [3.8, 4) is 0 Å². The van der Waals surface area contributed by atoms with E-state index >= 15 is 0 Å². The van der Waals surface area contributed by atoms with E-state index < -0.39 is 6.04 Å². The van der Waals surface area contributed by atoms with Gasteiger partial charge in [0.2, 0.25) is 5.91 Å². The molecule has 1 atom stereocenters. The molecule has 6 heteroatoms. The minimum absolute atomic E-state index is 0. The minimum atomic E-state index is -0.482. The smallest absolute Gasteiger partial charge is 0.241 e. The lowest BCUT2D eigenvalue weighted by molar-refractivity contribution is -0.117.